The molecule has 0 aliphatic carbocycles. The number of benzene rings is 1. The van der Waals surface area contributed by atoms with Gasteiger partial charge in [-0.15, -0.1) is 0 Å². The van der Waals surface area contributed by atoms with E-state index in [1.165, 1.54) is 22.9 Å². The molecule has 0 aliphatic rings. The fourth-order valence-corrected chi connectivity index (χ4v) is 2.87. The first-order valence-electron chi connectivity index (χ1n) is 8.66. The van der Waals surface area contributed by atoms with Crippen LogP contribution < -0.4 is 10.4 Å². The lowest BCUT2D eigenvalue weighted by Crippen LogP contribution is -2.26. The fraction of sp³-hybridized carbons (Fsp3) is 0.0455. The first kappa shape index (κ1) is 17.6. The Hall–Kier alpha value is -3.80. The smallest absolute Gasteiger partial charge is 0.283 e. The predicted molar refractivity (Wildman–Crippen MR) is 104 cm³/mol. The van der Waals surface area contributed by atoms with Crippen molar-refractivity contribution in [2.45, 2.75) is 6.61 Å². The van der Waals surface area contributed by atoms with Gasteiger partial charge in [0, 0.05) is 36.4 Å². The van der Waals surface area contributed by atoms with E-state index in [0.29, 0.717) is 5.56 Å². The summed E-state index contributed by atoms with van der Waals surface area (Å²) >= 11 is 0. The van der Waals surface area contributed by atoms with Crippen LogP contribution in [-0.4, -0.2) is 14.7 Å². The van der Waals surface area contributed by atoms with Crippen LogP contribution in [0.15, 0.2) is 90.4 Å². The van der Waals surface area contributed by atoms with Crippen molar-refractivity contribution < 1.29 is 9.23 Å². The van der Waals surface area contributed by atoms with E-state index in [1.54, 1.807) is 43.1 Å². The molecule has 4 rings (SSSR count). The van der Waals surface area contributed by atoms with Crippen LogP contribution in [0.2, 0.25) is 0 Å². The number of pyridine rings is 3. The van der Waals surface area contributed by atoms with Crippen molar-refractivity contribution >= 4 is 0 Å². The van der Waals surface area contributed by atoms with Gasteiger partial charge in [-0.1, -0.05) is 12.1 Å². The van der Waals surface area contributed by atoms with E-state index < -0.39 is 0 Å². The van der Waals surface area contributed by atoms with Crippen molar-refractivity contribution in [1.82, 2.24) is 14.7 Å². The molecule has 0 aliphatic heterocycles. The number of rotatable bonds is 5. The van der Waals surface area contributed by atoms with Crippen molar-refractivity contribution in [3.05, 3.63) is 107 Å². The second-order valence-corrected chi connectivity index (χ2v) is 6.14. The van der Waals surface area contributed by atoms with Gasteiger partial charge in [-0.05, 0) is 58.7 Å². The maximum Gasteiger partial charge on any atom is 0.283 e. The van der Waals surface area contributed by atoms with Gasteiger partial charge in [0.05, 0.1) is 6.20 Å². The molecule has 0 spiro atoms. The number of hydrogen-bond acceptors (Lipinski definition) is 4. The second-order valence-electron chi connectivity index (χ2n) is 6.14. The highest BCUT2D eigenvalue weighted by Crippen LogP contribution is 2.30. The van der Waals surface area contributed by atoms with Gasteiger partial charge >= 0.3 is 0 Å². The molecule has 0 atom stereocenters. The van der Waals surface area contributed by atoms with Gasteiger partial charge in [0.25, 0.3) is 5.56 Å². The molecular weight excluding hydrogens is 357 g/mol. The summed E-state index contributed by atoms with van der Waals surface area (Å²) in [4.78, 5) is 26.3. The topological polar surface area (TPSA) is 57.0 Å². The Labute approximate surface area is 160 Å². The van der Waals surface area contributed by atoms with Gasteiger partial charge in [-0.3, -0.25) is 14.8 Å². The lowest BCUT2D eigenvalue weighted by Gasteiger charge is -2.14. The van der Waals surface area contributed by atoms with Crippen molar-refractivity contribution in [3.63, 3.8) is 0 Å². The minimum absolute atomic E-state index is 0.230. The fourth-order valence-electron chi connectivity index (χ4n) is 2.87. The maximum atomic E-state index is 13.3. The van der Waals surface area contributed by atoms with Crippen LogP contribution in [-0.2, 0) is 6.61 Å². The lowest BCUT2D eigenvalue weighted by molar-refractivity contribution is 0.0895. The van der Waals surface area contributed by atoms with Gasteiger partial charge in [0.1, 0.15) is 12.4 Å². The highest BCUT2D eigenvalue weighted by molar-refractivity contribution is 5.82. The van der Waals surface area contributed by atoms with E-state index >= 15 is 0 Å². The molecule has 0 saturated carbocycles. The minimum Gasteiger partial charge on any atom is -0.406 e. The van der Waals surface area contributed by atoms with Gasteiger partial charge in [0.15, 0.2) is 0 Å². The summed E-state index contributed by atoms with van der Waals surface area (Å²) < 4.78 is 14.5. The standard InChI is InChI=1S/C22H16FN3O2/c23-19-3-1-17(2-4-19)20-13-22(27)26(28-15-16-5-9-24-10-6-16)14-21(20)18-7-11-25-12-8-18/h1-14H,15H2. The molecule has 0 bridgehead atoms. The third-order valence-electron chi connectivity index (χ3n) is 4.29. The zero-order valence-corrected chi connectivity index (χ0v) is 14.8. The average Bonchev–Trinajstić information content (AvgIpc) is 2.74. The molecule has 28 heavy (non-hydrogen) atoms. The molecule has 0 N–H and O–H groups in total. The highest BCUT2D eigenvalue weighted by atomic mass is 19.1. The summed E-state index contributed by atoms with van der Waals surface area (Å²) in [5.74, 6) is -0.330. The third-order valence-corrected chi connectivity index (χ3v) is 4.29. The normalized spacial score (nSPS) is 10.6. The van der Waals surface area contributed by atoms with Gasteiger partial charge < -0.3 is 4.84 Å². The van der Waals surface area contributed by atoms with Crippen molar-refractivity contribution in [2.24, 2.45) is 0 Å². The largest absolute Gasteiger partial charge is 0.406 e. The Bertz CT molecular complexity index is 1130. The van der Waals surface area contributed by atoms with E-state index in [1.807, 2.05) is 24.3 Å². The molecule has 3 heterocycles. The molecule has 0 radical (unpaired) electrons. The molecule has 6 heteroatoms. The minimum atomic E-state index is -0.330. The first-order chi connectivity index (χ1) is 13.7. The Morgan fingerprint density at radius 2 is 1.43 bits per heavy atom. The zero-order valence-electron chi connectivity index (χ0n) is 14.8. The monoisotopic (exact) mass is 373 g/mol. The number of aromatic nitrogens is 3. The SMILES string of the molecule is O=c1cc(-c2ccc(F)cc2)c(-c2ccncc2)cn1OCc1ccncc1. The van der Waals surface area contributed by atoms with Crippen LogP contribution in [0.25, 0.3) is 22.3 Å². The average molecular weight is 373 g/mol. The van der Waals surface area contributed by atoms with Crippen LogP contribution >= 0.6 is 0 Å². The summed E-state index contributed by atoms with van der Waals surface area (Å²) in [7, 11) is 0. The van der Waals surface area contributed by atoms with Crippen LogP contribution in [0.1, 0.15) is 5.56 Å². The van der Waals surface area contributed by atoms with Crippen LogP contribution in [0, 0.1) is 5.82 Å². The third kappa shape index (κ3) is 3.81. The van der Waals surface area contributed by atoms with E-state index in [9.17, 15) is 9.18 Å². The van der Waals surface area contributed by atoms with E-state index in [4.69, 9.17) is 4.84 Å². The Morgan fingerprint density at radius 1 is 0.821 bits per heavy atom. The maximum absolute atomic E-state index is 13.3. The van der Waals surface area contributed by atoms with Crippen molar-refractivity contribution in [3.8, 4) is 22.3 Å². The molecular formula is C22H16FN3O2. The number of halogens is 1. The number of nitrogens with zero attached hydrogens (tertiary/aromatic N) is 3. The zero-order chi connectivity index (χ0) is 19.3. The molecule has 138 valence electrons. The Kier molecular flexibility index (Phi) is 4.93. The summed E-state index contributed by atoms with van der Waals surface area (Å²) in [6, 6.07) is 14.9. The van der Waals surface area contributed by atoms with Gasteiger partial charge in [-0.2, -0.15) is 4.73 Å². The molecule has 0 saturated heterocycles. The summed E-state index contributed by atoms with van der Waals surface area (Å²) in [5, 5.41) is 0. The van der Waals surface area contributed by atoms with Crippen LogP contribution in [0.5, 0.6) is 0 Å². The van der Waals surface area contributed by atoms with Crippen LogP contribution in [0.4, 0.5) is 4.39 Å². The Balaban J connectivity index is 1.77. The lowest BCUT2D eigenvalue weighted by atomic mass is 9.97. The van der Waals surface area contributed by atoms with Gasteiger partial charge in [0.2, 0.25) is 0 Å². The summed E-state index contributed by atoms with van der Waals surface area (Å²) in [6.07, 6.45) is 8.34. The number of hydrogen-bond donors (Lipinski definition) is 0. The first-order valence-corrected chi connectivity index (χ1v) is 8.66. The summed E-state index contributed by atoms with van der Waals surface area (Å²) in [6.45, 7) is 0.230. The second kappa shape index (κ2) is 7.84. The van der Waals surface area contributed by atoms with E-state index in [0.717, 1.165) is 22.3 Å². The van der Waals surface area contributed by atoms with Crippen molar-refractivity contribution in [1.29, 1.82) is 0 Å². The van der Waals surface area contributed by atoms with Crippen LogP contribution in [0.3, 0.4) is 0 Å². The summed E-state index contributed by atoms with van der Waals surface area (Å²) in [5.41, 5.74) is 3.67. The quantitative estimate of drug-likeness (QED) is 0.535. The Morgan fingerprint density at radius 3 is 2.11 bits per heavy atom. The molecule has 1 aromatic carbocycles. The predicted octanol–water partition coefficient (Wildman–Crippen LogP) is 3.74. The van der Waals surface area contributed by atoms with Crippen molar-refractivity contribution in [2.75, 3.05) is 0 Å². The molecule has 0 amide bonds. The van der Waals surface area contributed by atoms with E-state index in [2.05, 4.69) is 9.97 Å². The van der Waals surface area contributed by atoms with Gasteiger partial charge in [-0.25, -0.2) is 4.39 Å². The molecule has 0 fully saturated rings. The van der Waals surface area contributed by atoms with E-state index in [-0.39, 0.29) is 18.0 Å². The molecule has 0 unspecified atom stereocenters. The molecule has 5 nitrogen and oxygen atoms in total. The molecule has 3 aromatic heterocycles. The highest BCUT2D eigenvalue weighted by Gasteiger charge is 2.12. The molecule has 4 aromatic rings.